The van der Waals surface area contributed by atoms with E-state index in [2.05, 4.69) is 15.3 Å². The first kappa shape index (κ1) is 28.5. The minimum absolute atomic E-state index is 0.170. The lowest BCUT2D eigenvalue weighted by molar-refractivity contribution is -0.137. The average Bonchev–Trinajstić information content (AvgIpc) is 2.94. The first-order valence-corrected chi connectivity index (χ1v) is 12.7. The van der Waals surface area contributed by atoms with Gasteiger partial charge in [-0.25, -0.2) is 9.78 Å². The summed E-state index contributed by atoms with van der Waals surface area (Å²) in [6.45, 7) is 4.45. The highest BCUT2D eigenvalue weighted by Gasteiger charge is 2.41. The van der Waals surface area contributed by atoms with E-state index in [4.69, 9.17) is 5.26 Å². The van der Waals surface area contributed by atoms with Gasteiger partial charge in [0.25, 0.3) is 5.91 Å². The lowest BCUT2D eigenvalue weighted by Gasteiger charge is -2.49. The highest BCUT2D eigenvalue weighted by Crippen LogP contribution is 2.35. The smallest absolute Gasteiger partial charge is 0.349 e. The highest BCUT2D eigenvalue weighted by atomic mass is 19.4. The number of alkyl halides is 3. The summed E-state index contributed by atoms with van der Waals surface area (Å²) in [4.78, 5) is 38.5. The molecule has 2 aromatic heterocycles. The van der Waals surface area contributed by atoms with Gasteiger partial charge in [0, 0.05) is 32.2 Å². The van der Waals surface area contributed by atoms with Gasteiger partial charge in [-0.3, -0.25) is 19.6 Å². The van der Waals surface area contributed by atoms with Crippen molar-refractivity contribution in [2.75, 3.05) is 18.0 Å². The van der Waals surface area contributed by atoms with Gasteiger partial charge in [-0.15, -0.1) is 0 Å². The number of benzene rings is 1. The number of nitrogens with zero attached hydrogens (tertiary/aromatic N) is 7. The van der Waals surface area contributed by atoms with Gasteiger partial charge in [-0.1, -0.05) is 26.0 Å². The number of aromatic nitrogens is 3. The van der Waals surface area contributed by atoms with Crippen LogP contribution in [-0.4, -0.2) is 50.5 Å². The van der Waals surface area contributed by atoms with Gasteiger partial charge in [0.05, 0.1) is 11.1 Å². The van der Waals surface area contributed by atoms with E-state index in [0.29, 0.717) is 41.8 Å². The molecule has 13 heteroatoms. The zero-order valence-electron chi connectivity index (χ0n) is 22.1. The van der Waals surface area contributed by atoms with Crippen LogP contribution in [0.4, 0.5) is 19.0 Å². The van der Waals surface area contributed by atoms with Gasteiger partial charge in [0.1, 0.15) is 23.3 Å². The molecule has 0 saturated carbocycles. The molecule has 0 radical (unpaired) electrons. The van der Waals surface area contributed by atoms with E-state index in [1.165, 1.54) is 22.8 Å². The summed E-state index contributed by atoms with van der Waals surface area (Å²) < 4.78 is 40.9. The summed E-state index contributed by atoms with van der Waals surface area (Å²) in [6, 6.07) is 7.94. The number of nitriles is 2. The molecule has 3 atom stereocenters. The van der Waals surface area contributed by atoms with E-state index in [-0.39, 0.29) is 24.3 Å². The lowest BCUT2D eigenvalue weighted by Crippen LogP contribution is -2.61. The molecule has 3 aromatic rings. The molecule has 0 aliphatic carbocycles. The number of carbonyl (C=O) groups is 1. The summed E-state index contributed by atoms with van der Waals surface area (Å²) >= 11 is 0. The van der Waals surface area contributed by atoms with Gasteiger partial charge >= 0.3 is 11.9 Å². The molecule has 1 unspecified atom stereocenters. The van der Waals surface area contributed by atoms with Crippen molar-refractivity contribution >= 4 is 22.8 Å². The van der Waals surface area contributed by atoms with Crippen molar-refractivity contribution in [1.82, 2.24) is 24.8 Å². The van der Waals surface area contributed by atoms with E-state index < -0.39 is 29.4 Å². The second kappa shape index (κ2) is 11.3. The first-order valence-electron chi connectivity index (χ1n) is 12.7. The Morgan fingerprint density at radius 3 is 2.33 bits per heavy atom. The van der Waals surface area contributed by atoms with E-state index in [1.54, 1.807) is 19.3 Å². The maximum absolute atomic E-state index is 13.2. The third-order valence-corrected chi connectivity index (χ3v) is 7.32. The van der Waals surface area contributed by atoms with Crippen molar-refractivity contribution in [2.24, 2.45) is 7.05 Å². The van der Waals surface area contributed by atoms with Crippen LogP contribution in [0.15, 0.2) is 41.2 Å². The molecule has 4 rings (SSSR count). The van der Waals surface area contributed by atoms with Crippen molar-refractivity contribution < 1.29 is 18.0 Å². The number of aryl methyl sites for hydroxylation is 1. The summed E-state index contributed by atoms with van der Waals surface area (Å²) in [5, 5.41) is 20.7. The minimum Gasteiger partial charge on any atom is -0.349 e. The SMILES string of the molecule is CC[C@H]1CN(C(C(=O)NC#N)c2ccc(C(F)(F)F)cc2)[C@H](CC)CN1c1nc(=O)n(C)c2ccc(C#N)nc12. The number of hydrogen-bond acceptors (Lipinski definition) is 8. The number of fused-ring (bicyclic) bond motifs is 1. The average molecular weight is 553 g/mol. The van der Waals surface area contributed by atoms with Crippen LogP contribution in [0.25, 0.3) is 11.0 Å². The van der Waals surface area contributed by atoms with Crippen molar-refractivity contribution in [2.45, 2.75) is 51.0 Å². The van der Waals surface area contributed by atoms with E-state index >= 15 is 0 Å². The van der Waals surface area contributed by atoms with Crippen molar-refractivity contribution in [1.29, 1.82) is 10.5 Å². The minimum atomic E-state index is -4.53. The Balaban J connectivity index is 1.79. The van der Waals surface area contributed by atoms with Gasteiger partial charge < -0.3 is 4.90 Å². The maximum atomic E-state index is 13.2. The first-order chi connectivity index (χ1) is 19.0. The molecule has 10 nitrogen and oxygen atoms in total. The molecule has 1 saturated heterocycles. The van der Waals surface area contributed by atoms with Gasteiger partial charge in [0.2, 0.25) is 0 Å². The second-order valence-corrected chi connectivity index (χ2v) is 9.55. The molecule has 1 aliphatic rings. The predicted molar refractivity (Wildman–Crippen MR) is 140 cm³/mol. The van der Waals surface area contributed by atoms with Gasteiger partial charge in [-0.05, 0) is 42.7 Å². The maximum Gasteiger partial charge on any atom is 0.416 e. The van der Waals surface area contributed by atoms with E-state index in [1.807, 2.05) is 29.7 Å². The number of anilines is 1. The highest BCUT2D eigenvalue weighted by molar-refractivity contribution is 5.87. The summed E-state index contributed by atoms with van der Waals surface area (Å²) in [5.41, 5.74) is 0.0606. The molecular weight excluding hydrogens is 525 g/mol. The molecular formula is C27H27F3N8O2. The predicted octanol–water partition coefficient (Wildman–Crippen LogP) is 3.24. The van der Waals surface area contributed by atoms with Crippen LogP contribution >= 0.6 is 0 Å². The zero-order valence-corrected chi connectivity index (χ0v) is 22.1. The normalized spacial score (nSPS) is 18.6. The largest absolute Gasteiger partial charge is 0.416 e. The summed E-state index contributed by atoms with van der Waals surface area (Å²) in [6.07, 6.45) is -1.79. The van der Waals surface area contributed by atoms with Crippen LogP contribution in [0.5, 0.6) is 0 Å². The fourth-order valence-electron chi connectivity index (χ4n) is 5.20. The molecule has 1 N–H and O–H groups in total. The second-order valence-electron chi connectivity index (χ2n) is 9.55. The fraction of sp³-hybridized carbons (Fsp3) is 0.407. The number of piperazine rings is 1. The molecule has 1 aromatic carbocycles. The van der Waals surface area contributed by atoms with Gasteiger partial charge in [0.15, 0.2) is 12.0 Å². The Kier molecular flexibility index (Phi) is 8.07. The van der Waals surface area contributed by atoms with Crippen LogP contribution in [-0.2, 0) is 18.0 Å². The third-order valence-electron chi connectivity index (χ3n) is 7.32. The molecule has 1 fully saturated rings. The van der Waals surface area contributed by atoms with Crippen LogP contribution in [0.2, 0.25) is 0 Å². The van der Waals surface area contributed by atoms with Crippen LogP contribution < -0.4 is 15.9 Å². The van der Waals surface area contributed by atoms with E-state index in [0.717, 1.165) is 12.1 Å². The van der Waals surface area contributed by atoms with Crippen molar-refractivity contribution in [3.63, 3.8) is 0 Å². The van der Waals surface area contributed by atoms with Crippen molar-refractivity contribution in [3.05, 3.63) is 63.7 Å². The summed E-state index contributed by atoms with van der Waals surface area (Å²) in [5.74, 6) is -0.325. The van der Waals surface area contributed by atoms with Crippen LogP contribution in [0.1, 0.15) is 49.6 Å². The monoisotopic (exact) mass is 552 g/mol. The topological polar surface area (TPSA) is 131 Å². The van der Waals surface area contributed by atoms with Crippen LogP contribution in [0.3, 0.4) is 0 Å². The lowest BCUT2D eigenvalue weighted by atomic mass is 9.95. The van der Waals surface area contributed by atoms with Gasteiger partial charge in [-0.2, -0.15) is 28.7 Å². The number of hydrogen-bond donors (Lipinski definition) is 1. The Hall–Kier alpha value is -4.49. The quantitative estimate of drug-likeness (QED) is 0.364. The van der Waals surface area contributed by atoms with E-state index in [9.17, 15) is 28.0 Å². The molecule has 1 aliphatic heterocycles. The molecule has 3 heterocycles. The Labute approximate surface area is 228 Å². The Bertz CT molecular complexity index is 1560. The third kappa shape index (κ3) is 5.33. The molecule has 208 valence electrons. The molecule has 0 spiro atoms. The Morgan fingerprint density at radius 1 is 1.07 bits per heavy atom. The van der Waals surface area contributed by atoms with Crippen LogP contribution in [0, 0.1) is 22.8 Å². The Morgan fingerprint density at radius 2 is 1.75 bits per heavy atom. The zero-order chi connectivity index (χ0) is 29.2. The standard InChI is InChI=1S/C27H27F3N8O2/c1-4-19-14-38(24-22-21(36(3)26(40)35-24)11-10-18(12-31)34-22)20(5-2)13-37(19)23(25(39)33-15-32)16-6-8-17(9-7-16)27(28,29)30/h6-11,19-20,23H,4-5,13-14H2,1-3H3,(H,33,39)/t19-,20+,23?/m1/s1. The van der Waals surface area contributed by atoms with Crippen molar-refractivity contribution in [3.8, 4) is 12.3 Å². The summed E-state index contributed by atoms with van der Waals surface area (Å²) in [7, 11) is 1.57. The molecule has 0 bridgehead atoms. The number of carbonyl (C=O) groups excluding carboxylic acids is 1. The number of rotatable bonds is 6. The molecule has 1 amide bonds. The molecule has 40 heavy (non-hydrogen) atoms. The number of nitrogens with one attached hydrogen (secondary N) is 1. The number of amides is 1. The fourth-order valence-corrected chi connectivity index (χ4v) is 5.20. The number of halogens is 3. The number of pyridine rings is 1.